The van der Waals surface area contributed by atoms with E-state index in [-0.39, 0.29) is 0 Å². The highest BCUT2D eigenvalue weighted by atomic mass is 19.2. The number of hydrogen-bond acceptors (Lipinski definition) is 9. The maximum Gasteiger partial charge on any atom is 0.197 e. The van der Waals surface area contributed by atoms with Crippen LogP contribution in [0.25, 0.3) is 0 Å². The first-order valence-corrected chi connectivity index (χ1v) is 7.39. The normalized spacial score (nSPS) is 53.1. The first kappa shape index (κ1) is 19.8. The van der Waals surface area contributed by atoms with Crippen molar-refractivity contribution in [2.24, 2.45) is 0 Å². The molecule has 10 atom stereocenters. The van der Waals surface area contributed by atoms with Gasteiger partial charge in [-0.3, -0.25) is 0 Å². The zero-order valence-corrected chi connectivity index (χ0v) is 12.8. The molecule has 2 rings (SSSR count). The Bertz CT molecular complexity index is 426. The Morgan fingerprint density at radius 3 is 2.04 bits per heavy atom. The molecule has 5 unspecified atom stereocenters. The fraction of sp³-hybridized carbons (Fsp3) is 1.00. The summed E-state index contributed by atoms with van der Waals surface area (Å²) in [5.41, 5.74) is 0. The van der Waals surface area contributed by atoms with Crippen LogP contribution in [0.3, 0.4) is 0 Å². The van der Waals surface area contributed by atoms with Crippen molar-refractivity contribution in [1.29, 1.82) is 0 Å². The molecule has 0 bridgehead atoms. The molecule has 142 valence electrons. The first-order chi connectivity index (χ1) is 11.2. The Balaban J connectivity index is 2.18. The molecule has 2 aliphatic rings. The lowest BCUT2D eigenvalue weighted by atomic mass is 9.93. The summed E-state index contributed by atoms with van der Waals surface area (Å²) < 4.78 is 43.1. The third kappa shape index (κ3) is 3.41. The molecule has 2 heterocycles. The summed E-state index contributed by atoms with van der Waals surface area (Å²) in [6, 6.07) is 0. The highest BCUT2D eigenvalue weighted by molar-refractivity contribution is 4.97. The Hall–Kier alpha value is -0.500. The molecule has 0 aromatic rings. The van der Waals surface area contributed by atoms with E-state index in [1.807, 2.05) is 0 Å². The van der Waals surface area contributed by atoms with Crippen molar-refractivity contribution in [3.63, 3.8) is 0 Å². The molecule has 2 aliphatic heterocycles. The van der Waals surface area contributed by atoms with Gasteiger partial charge in [-0.05, 0) is 6.92 Å². The summed E-state index contributed by atoms with van der Waals surface area (Å²) in [5.74, 6) is -2.15. The van der Waals surface area contributed by atoms with Crippen molar-refractivity contribution in [3.05, 3.63) is 0 Å². The van der Waals surface area contributed by atoms with Crippen LogP contribution in [-0.4, -0.2) is 105 Å². The van der Waals surface area contributed by atoms with E-state index in [2.05, 4.69) is 0 Å². The molecule has 0 aromatic carbocycles. The van der Waals surface area contributed by atoms with Crippen LogP contribution in [0.4, 0.5) is 8.78 Å². The van der Waals surface area contributed by atoms with Gasteiger partial charge < -0.3 is 44.8 Å². The number of alkyl halides is 2. The van der Waals surface area contributed by atoms with Crippen LogP contribution in [0.1, 0.15) is 6.92 Å². The van der Waals surface area contributed by atoms with Gasteiger partial charge in [0.25, 0.3) is 0 Å². The van der Waals surface area contributed by atoms with Crippen molar-refractivity contribution in [1.82, 2.24) is 0 Å². The van der Waals surface area contributed by atoms with Crippen molar-refractivity contribution < 1.29 is 53.6 Å². The second kappa shape index (κ2) is 7.40. The molecule has 2 saturated heterocycles. The number of aliphatic hydroxyl groups is 6. The highest BCUT2D eigenvalue weighted by Crippen LogP contribution is 2.35. The van der Waals surface area contributed by atoms with E-state index in [4.69, 9.17) is 24.4 Å². The lowest BCUT2D eigenvalue weighted by Crippen LogP contribution is -2.67. The monoisotopic (exact) mass is 360 g/mol. The number of rotatable bonds is 4. The lowest BCUT2D eigenvalue weighted by Gasteiger charge is -2.49. The van der Waals surface area contributed by atoms with Crippen molar-refractivity contribution in [2.75, 3.05) is 13.2 Å². The van der Waals surface area contributed by atoms with Gasteiger partial charge in [0.05, 0.1) is 13.2 Å². The molecular weight excluding hydrogens is 338 g/mol. The summed E-state index contributed by atoms with van der Waals surface area (Å²) in [6.07, 6.45) is -16.9. The fourth-order valence-corrected chi connectivity index (χ4v) is 2.75. The van der Waals surface area contributed by atoms with Gasteiger partial charge in [0.15, 0.2) is 24.4 Å². The van der Waals surface area contributed by atoms with E-state index < -0.39 is 74.3 Å². The minimum Gasteiger partial charge on any atom is -0.394 e. The molecule has 6 N–H and O–H groups in total. The molecule has 0 aliphatic carbocycles. The maximum atomic E-state index is 14.0. The predicted octanol–water partition coefficient (Wildman–Crippen LogP) is -3.05. The molecule has 0 radical (unpaired) electrons. The van der Waals surface area contributed by atoms with Crippen LogP contribution in [0.15, 0.2) is 0 Å². The van der Waals surface area contributed by atoms with E-state index in [0.717, 1.165) is 6.92 Å². The van der Waals surface area contributed by atoms with Crippen LogP contribution in [0.5, 0.6) is 0 Å². The van der Waals surface area contributed by atoms with E-state index in [9.17, 15) is 29.2 Å². The van der Waals surface area contributed by atoms with Gasteiger partial charge in [-0.15, -0.1) is 0 Å². The minimum atomic E-state index is -2.47. The Morgan fingerprint density at radius 1 is 0.917 bits per heavy atom. The summed E-state index contributed by atoms with van der Waals surface area (Å²) in [4.78, 5) is 0. The first-order valence-electron chi connectivity index (χ1n) is 7.39. The molecule has 24 heavy (non-hydrogen) atoms. The second-order valence-electron chi connectivity index (χ2n) is 6.00. The predicted molar refractivity (Wildman–Crippen MR) is 71.0 cm³/mol. The van der Waals surface area contributed by atoms with Gasteiger partial charge >= 0.3 is 0 Å². The molecule has 11 heteroatoms. The number of aliphatic hydroxyl groups excluding tert-OH is 6. The second-order valence-corrected chi connectivity index (χ2v) is 6.00. The number of ether oxygens (including phenoxy) is 3. The summed E-state index contributed by atoms with van der Waals surface area (Å²) in [7, 11) is 0. The average Bonchev–Trinajstić information content (AvgIpc) is 2.57. The van der Waals surface area contributed by atoms with Crippen molar-refractivity contribution in [2.45, 2.75) is 68.0 Å². The van der Waals surface area contributed by atoms with E-state index in [0.29, 0.717) is 0 Å². The molecule has 0 spiro atoms. The fourth-order valence-electron chi connectivity index (χ4n) is 2.75. The van der Waals surface area contributed by atoms with Crippen molar-refractivity contribution >= 4 is 0 Å². The molecule has 0 aromatic heterocycles. The SMILES string of the molecule is C[C@]1(O[C@H]2O[C@H](CO)[C@@H](O)C(F)C2F)OC(CO)[C@@H](O)C(O)C1O. The number of halogens is 2. The quantitative estimate of drug-likeness (QED) is 0.307. The summed E-state index contributed by atoms with van der Waals surface area (Å²) >= 11 is 0. The summed E-state index contributed by atoms with van der Waals surface area (Å²) in [5, 5.41) is 57.2. The van der Waals surface area contributed by atoms with Gasteiger partial charge in [-0.2, -0.15) is 0 Å². The lowest BCUT2D eigenvalue weighted by molar-refractivity contribution is -0.410. The maximum absolute atomic E-state index is 14.0. The van der Waals surface area contributed by atoms with Crippen LogP contribution in [0, 0.1) is 0 Å². The zero-order chi connectivity index (χ0) is 18.2. The van der Waals surface area contributed by atoms with Crippen LogP contribution < -0.4 is 0 Å². The average molecular weight is 360 g/mol. The van der Waals surface area contributed by atoms with Crippen LogP contribution in [0.2, 0.25) is 0 Å². The van der Waals surface area contributed by atoms with E-state index in [1.165, 1.54) is 0 Å². The molecule has 0 saturated carbocycles. The largest absolute Gasteiger partial charge is 0.394 e. The third-order valence-corrected chi connectivity index (χ3v) is 4.27. The van der Waals surface area contributed by atoms with Gasteiger partial charge in [-0.25, -0.2) is 8.78 Å². The third-order valence-electron chi connectivity index (χ3n) is 4.27. The molecular formula is C13H22F2O9. The van der Waals surface area contributed by atoms with Gasteiger partial charge in [-0.1, -0.05) is 0 Å². The zero-order valence-electron chi connectivity index (χ0n) is 12.8. The van der Waals surface area contributed by atoms with Crippen LogP contribution >= 0.6 is 0 Å². The smallest absolute Gasteiger partial charge is 0.197 e. The molecule has 9 nitrogen and oxygen atoms in total. The molecule has 0 amide bonds. The van der Waals surface area contributed by atoms with Gasteiger partial charge in [0.1, 0.15) is 36.6 Å². The summed E-state index contributed by atoms with van der Waals surface area (Å²) in [6.45, 7) is -0.467. The standard InChI is InChI=1S/C13H22F2O9/c1-13(11(21)10(20)9(19)5(3-17)23-13)24-12-7(15)6(14)8(18)4(2-16)22-12/h4-12,16-21H,2-3H2,1H3/t4-,5?,6?,7?,8-,9-,10?,11?,12-,13-/m1/s1. The number of hydrogen-bond donors (Lipinski definition) is 6. The molecule has 2 fully saturated rings. The Morgan fingerprint density at radius 2 is 1.50 bits per heavy atom. The van der Waals surface area contributed by atoms with Crippen molar-refractivity contribution in [3.8, 4) is 0 Å². The highest BCUT2D eigenvalue weighted by Gasteiger charge is 2.56. The Labute approximate surface area is 136 Å². The Kier molecular flexibility index (Phi) is 6.11. The van der Waals surface area contributed by atoms with Gasteiger partial charge in [0.2, 0.25) is 0 Å². The van der Waals surface area contributed by atoms with E-state index in [1.54, 1.807) is 0 Å². The van der Waals surface area contributed by atoms with Crippen LogP contribution in [-0.2, 0) is 14.2 Å². The van der Waals surface area contributed by atoms with E-state index >= 15 is 0 Å². The van der Waals surface area contributed by atoms with Gasteiger partial charge in [0, 0.05) is 0 Å². The minimum absolute atomic E-state index is 0.738. The topological polar surface area (TPSA) is 149 Å².